The summed E-state index contributed by atoms with van der Waals surface area (Å²) in [6.45, 7) is 1.36. The van der Waals surface area contributed by atoms with Crippen LogP contribution in [0.5, 0.6) is 0 Å². The molecule has 0 aliphatic rings. The van der Waals surface area contributed by atoms with E-state index in [0.29, 0.717) is 12.8 Å². The lowest BCUT2D eigenvalue weighted by Crippen LogP contribution is -2.53. The van der Waals surface area contributed by atoms with E-state index in [1.165, 1.54) is 14.0 Å². The number of benzene rings is 2. The molecule has 0 saturated carbocycles. The number of rotatable bonds is 8. The molecule has 0 radical (unpaired) electrons. The first-order valence-electron chi connectivity index (χ1n) is 8.83. The fraction of sp³-hybridized carbons (Fsp3) is 0.286. The zero-order valence-corrected chi connectivity index (χ0v) is 17.9. The normalized spacial score (nSPS) is 12.5. The predicted octanol–water partition coefficient (Wildman–Crippen LogP) is 2.24. The Hall–Kier alpha value is -2.42. The van der Waals surface area contributed by atoms with Crippen molar-refractivity contribution in [2.24, 2.45) is 0 Å². The van der Waals surface area contributed by atoms with Crippen molar-refractivity contribution in [3.63, 3.8) is 0 Å². The number of amides is 2. The molecule has 28 heavy (non-hydrogen) atoms. The van der Waals surface area contributed by atoms with Crippen LogP contribution in [-0.2, 0) is 32.0 Å². The Morgan fingerprint density at radius 1 is 0.929 bits per heavy atom. The van der Waals surface area contributed by atoms with Gasteiger partial charge in [-0.1, -0.05) is 48.5 Å². The van der Waals surface area contributed by atoms with Gasteiger partial charge in [-0.15, -0.1) is 0 Å². The van der Waals surface area contributed by atoms with Gasteiger partial charge in [-0.05, 0) is 39.8 Å². The van der Waals surface area contributed by atoms with Crippen LogP contribution in [-0.4, -0.2) is 37.0 Å². The summed E-state index contributed by atoms with van der Waals surface area (Å²) in [4.78, 5) is 36.7. The minimum atomic E-state index is -0.847. The lowest BCUT2D eigenvalue weighted by atomic mass is 10.0. The van der Waals surface area contributed by atoms with Gasteiger partial charge in [0.15, 0.2) is 0 Å². The van der Waals surface area contributed by atoms with Crippen LogP contribution in [0.25, 0.3) is 0 Å². The van der Waals surface area contributed by atoms with Crippen molar-refractivity contribution >= 4 is 40.4 Å². The molecule has 0 aromatic heterocycles. The summed E-state index contributed by atoms with van der Waals surface area (Å²) >= 11 is 2.19. The van der Waals surface area contributed by atoms with Crippen LogP contribution in [0.3, 0.4) is 0 Å². The summed E-state index contributed by atoms with van der Waals surface area (Å²) in [6, 6.07) is 15.4. The van der Waals surface area contributed by atoms with Gasteiger partial charge in [0, 0.05) is 23.3 Å². The van der Waals surface area contributed by atoms with Gasteiger partial charge in [-0.3, -0.25) is 9.59 Å². The van der Waals surface area contributed by atoms with Gasteiger partial charge in [0.1, 0.15) is 12.1 Å². The first kappa shape index (κ1) is 21.9. The number of halogens is 1. The van der Waals surface area contributed by atoms with Gasteiger partial charge >= 0.3 is 5.97 Å². The Balaban J connectivity index is 2.17. The second-order valence-electron chi connectivity index (χ2n) is 6.32. The average Bonchev–Trinajstić information content (AvgIpc) is 2.68. The third-order valence-corrected chi connectivity index (χ3v) is 5.21. The quantitative estimate of drug-likeness (QED) is 0.436. The monoisotopic (exact) mass is 494 g/mol. The molecule has 0 spiro atoms. The van der Waals surface area contributed by atoms with E-state index in [-0.39, 0.29) is 5.91 Å². The topological polar surface area (TPSA) is 84.5 Å². The largest absolute Gasteiger partial charge is 0.467 e. The summed E-state index contributed by atoms with van der Waals surface area (Å²) in [5.41, 5.74) is 1.83. The number of carbonyl (C=O) groups is 3. The van der Waals surface area contributed by atoms with E-state index in [2.05, 4.69) is 33.2 Å². The van der Waals surface area contributed by atoms with Gasteiger partial charge in [0.05, 0.1) is 7.11 Å². The molecule has 6 nitrogen and oxygen atoms in total. The fourth-order valence-electron chi connectivity index (χ4n) is 2.80. The predicted molar refractivity (Wildman–Crippen MR) is 115 cm³/mol. The van der Waals surface area contributed by atoms with Crippen LogP contribution >= 0.6 is 22.6 Å². The number of methoxy groups -OCH3 is 1. The van der Waals surface area contributed by atoms with E-state index in [0.717, 1.165) is 14.7 Å². The summed E-state index contributed by atoms with van der Waals surface area (Å²) in [5.74, 6) is -1.28. The standard InChI is InChI=1S/C21H23IN2O4/c1-14(25)23-18(12-15-8-4-3-5-9-15)20(26)24-19(21(27)28-2)13-16-10-6-7-11-17(16)22/h3-11,18-19H,12-13H2,1-2H3,(H,23,25)(H,24,26)/t18-,19-/m1/s1. The number of hydrogen-bond acceptors (Lipinski definition) is 4. The van der Waals surface area contributed by atoms with Crippen LogP contribution in [0.4, 0.5) is 0 Å². The number of hydrogen-bond donors (Lipinski definition) is 2. The van der Waals surface area contributed by atoms with Crippen molar-refractivity contribution in [2.75, 3.05) is 7.11 Å². The zero-order chi connectivity index (χ0) is 20.5. The van der Waals surface area contributed by atoms with Crippen LogP contribution in [0, 0.1) is 3.57 Å². The van der Waals surface area contributed by atoms with Gasteiger partial charge in [-0.25, -0.2) is 4.79 Å². The summed E-state index contributed by atoms with van der Waals surface area (Å²) in [7, 11) is 1.28. The molecule has 2 atom stereocenters. The molecule has 2 N–H and O–H groups in total. The lowest BCUT2D eigenvalue weighted by Gasteiger charge is -2.22. The van der Waals surface area contributed by atoms with E-state index < -0.39 is 24.0 Å². The molecular weight excluding hydrogens is 471 g/mol. The number of nitrogens with one attached hydrogen (secondary N) is 2. The Morgan fingerprint density at radius 3 is 2.18 bits per heavy atom. The van der Waals surface area contributed by atoms with Crippen molar-refractivity contribution in [3.8, 4) is 0 Å². The summed E-state index contributed by atoms with van der Waals surface area (Å²) < 4.78 is 5.85. The minimum absolute atomic E-state index is 0.301. The molecule has 0 saturated heterocycles. The molecule has 0 heterocycles. The molecule has 0 bridgehead atoms. The molecule has 0 unspecified atom stereocenters. The van der Waals surface area contributed by atoms with Crippen molar-refractivity contribution in [1.29, 1.82) is 0 Å². The maximum atomic E-state index is 12.9. The first-order chi connectivity index (χ1) is 13.4. The third kappa shape index (κ3) is 6.63. The highest BCUT2D eigenvalue weighted by Crippen LogP contribution is 2.14. The van der Waals surface area contributed by atoms with E-state index in [4.69, 9.17) is 4.74 Å². The van der Waals surface area contributed by atoms with Gasteiger partial charge in [0.2, 0.25) is 11.8 Å². The molecule has 2 rings (SSSR count). The van der Waals surface area contributed by atoms with Crippen LogP contribution in [0.15, 0.2) is 54.6 Å². The van der Waals surface area contributed by atoms with Crippen molar-refractivity contribution < 1.29 is 19.1 Å². The lowest BCUT2D eigenvalue weighted by molar-refractivity contribution is -0.145. The molecule has 0 aliphatic heterocycles. The van der Waals surface area contributed by atoms with E-state index in [9.17, 15) is 14.4 Å². The van der Waals surface area contributed by atoms with Crippen molar-refractivity contribution in [2.45, 2.75) is 31.8 Å². The van der Waals surface area contributed by atoms with Crippen LogP contribution in [0.1, 0.15) is 18.1 Å². The second kappa shape index (κ2) is 10.8. The molecule has 2 aromatic carbocycles. The number of ether oxygens (including phenoxy) is 1. The molecular formula is C21H23IN2O4. The Kier molecular flexibility index (Phi) is 8.43. The maximum Gasteiger partial charge on any atom is 0.328 e. The molecule has 2 amide bonds. The Labute approximate surface area is 178 Å². The van der Waals surface area contributed by atoms with E-state index in [1.54, 1.807) is 0 Å². The van der Waals surface area contributed by atoms with E-state index >= 15 is 0 Å². The average molecular weight is 494 g/mol. The highest BCUT2D eigenvalue weighted by Gasteiger charge is 2.27. The fourth-order valence-corrected chi connectivity index (χ4v) is 3.40. The van der Waals surface area contributed by atoms with Crippen LogP contribution in [0.2, 0.25) is 0 Å². The Bertz CT molecular complexity index is 826. The highest BCUT2D eigenvalue weighted by atomic mass is 127. The van der Waals surface area contributed by atoms with Crippen LogP contribution < -0.4 is 10.6 Å². The number of carbonyl (C=O) groups excluding carboxylic acids is 3. The minimum Gasteiger partial charge on any atom is -0.467 e. The van der Waals surface area contributed by atoms with Crippen molar-refractivity contribution in [3.05, 3.63) is 69.3 Å². The summed E-state index contributed by atoms with van der Waals surface area (Å²) in [6.07, 6.45) is 0.624. The van der Waals surface area contributed by atoms with E-state index in [1.807, 2.05) is 54.6 Å². The molecule has 0 fully saturated rings. The second-order valence-corrected chi connectivity index (χ2v) is 7.48. The molecule has 0 aliphatic carbocycles. The van der Waals surface area contributed by atoms with Crippen molar-refractivity contribution in [1.82, 2.24) is 10.6 Å². The smallest absolute Gasteiger partial charge is 0.328 e. The molecule has 2 aromatic rings. The van der Waals surface area contributed by atoms with Gasteiger partial charge in [-0.2, -0.15) is 0 Å². The van der Waals surface area contributed by atoms with Gasteiger partial charge < -0.3 is 15.4 Å². The first-order valence-corrected chi connectivity index (χ1v) is 9.91. The molecule has 7 heteroatoms. The molecule has 148 valence electrons. The van der Waals surface area contributed by atoms with Gasteiger partial charge in [0.25, 0.3) is 0 Å². The zero-order valence-electron chi connectivity index (χ0n) is 15.8. The maximum absolute atomic E-state index is 12.9. The Morgan fingerprint density at radius 2 is 1.57 bits per heavy atom. The summed E-state index contributed by atoms with van der Waals surface area (Å²) in [5, 5.41) is 5.40. The third-order valence-electron chi connectivity index (χ3n) is 4.16. The number of esters is 1. The highest BCUT2D eigenvalue weighted by molar-refractivity contribution is 14.1. The SMILES string of the molecule is COC(=O)[C@@H](Cc1ccccc1I)NC(=O)[C@@H](Cc1ccccc1)NC(C)=O.